The third-order valence-electron chi connectivity index (χ3n) is 2.58. The highest BCUT2D eigenvalue weighted by atomic mass is 16.6. The third-order valence-corrected chi connectivity index (χ3v) is 2.58. The van der Waals surface area contributed by atoms with E-state index in [1.54, 1.807) is 27.7 Å². The number of ether oxygens (including phenoxy) is 2. The van der Waals surface area contributed by atoms with Crippen LogP contribution in [0.4, 0.5) is 4.79 Å². The molecule has 0 aliphatic carbocycles. The van der Waals surface area contributed by atoms with Crippen molar-refractivity contribution >= 4 is 12.0 Å². The fraction of sp³-hybridized carbons (Fsp3) is 0.818. The molecule has 1 fully saturated rings. The van der Waals surface area contributed by atoms with Crippen molar-refractivity contribution in [2.24, 2.45) is 5.73 Å². The van der Waals surface area contributed by atoms with Gasteiger partial charge in [-0.15, -0.1) is 0 Å². The Hall–Kier alpha value is -1.30. The number of hydrogen-bond acceptors (Lipinski definition) is 4. The topological polar surface area (TPSA) is 81.9 Å². The van der Waals surface area contributed by atoms with Crippen LogP contribution in [0.25, 0.3) is 0 Å². The van der Waals surface area contributed by atoms with Gasteiger partial charge in [0, 0.05) is 6.54 Å². The largest absolute Gasteiger partial charge is 0.444 e. The highest BCUT2D eigenvalue weighted by Crippen LogP contribution is 2.22. The number of amides is 2. The Bertz CT molecular complexity index is 324. The summed E-state index contributed by atoms with van der Waals surface area (Å²) in [6.07, 6.45) is -0.540. The molecule has 0 radical (unpaired) electrons. The third kappa shape index (κ3) is 3.09. The maximum atomic E-state index is 12.0. The lowest BCUT2D eigenvalue weighted by Gasteiger charge is -2.42. The summed E-state index contributed by atoms with van der Waals surface area (Å²) in [5, 5.41) is 0. The van der Waals surface area contributed by atoms with E-state index in [1.165, 1.54) is 4.90 Å². The molecule has 0 unspecified atom stereocenters. The Morgan fingerprint density at radius 3 is 2.47 bits per heavy atom. The lowest BCUT2D eigenvalue weighted by molar-refractivity contribution is -0.139. The van der Waals surface area contributed by atoms with Crippen LogP contribution in [0.15, 0.2) is 0 Å². The molecule has 1 rings (SSSR count). The van der Waals surface area contributed by atoms with Crippen molar-refractivity contribution in [3.8, 4) is 0 Å². The lowest BCUT2D eigenvalue weighted by atomic mass is 9.99. The number of nitrogens with two attached hydrogens (primary N) is 1. The van der Waals surface area contributed by atoms with Gasteiger partial charge in [-0.1, -0.05) is 0 Å². The summed E-state index contributed by atoms with van der Waals surface area (Å²) < 4.78 is 10.5. The fourth-order valence-corrected chi connectivity index (χ4v) is 1.57. The average Bonchev–Trinajstić information content (AvgIpc) is 2.15. The molecule has 0 spiro atoms. The molecule has 6 heteroatoms. The maximum Gasteiger partial charge on any atom is 0.411 e. The van der Waals surface area contributed by atoms with Gasteiger partial charge in [-0.25, -0.2) is 4.79 Å². The Kier molecular flexibility index (Phi) is 3.66. The molecule has 6 nitrogen and oxygen atoms in total. The second-order valence-electron chi connectivity index (χ2n) is 5.32. The minimum Gasteiger partial charge on any atom is -0.444 e. The zero-order chi connectivity index (χ0) is 13.3. The number of carbonyl (C=O) groups is 2. The first-order valence-electron chi connectivity index (χ1n) is 5.55. The van der Waals surface area contributed by atoms with E-state index in [1.807, 2.05) is 0 Å². The van der Waals surface area contributed by atoms with Gasteiger partial charge in [-0.3, -0.25) is 9.69 Å². The van der Waals surface area contributed by atoms with E-state index < -0.39 is 23.1 Å². The van der Waals surface area contributed by atoms with Crippen molar-refractivity contribution < 1.29 is 19.1 Å². The summed E-state index contributed by atoms with van der Waals surface area (Å²) in [5.41, 5.74) is 3.58. The standard InChI is InChI=1S/C11H20N2O4/c1-10(2,3)17-9(15)13-5-6-16-7-11(13,4)8(12)14/h5-7H2,1-4H3,(H2,12,14)/t11-/m1/s1. The van der Waals surface area contributed by atoms with Crippen LogP contribution in [0.3, 0.4) is 0 Å². The molecule has 2 amide bonds. The van der Waals surface area contributed by atoms with Crippen molar-refractivity contribution in [3.63, 3.8) is 0 Å². The first-order valence-corrected chi connectivity index (χ1v) is 5.55. The molecule has 0 aromatic carbocycles. The monoisotopic (exact) mass is 244 g/mol. The van der Waals surface area contributed by atoms with Gasteiger partial charge < -0.3 is 15.2 Å². The molecule has 1 aliphatic heterocycles. The summed E-state index contributed by atoms with van der Waals surface area (Å²) in [5.74, 6) is -0.594. The van der Waals surface area contributed by atoms with E-state index in [-0.39, 0.29) is 6.61 Å². The van der Waals surface area contributed by atoms with Crippen LogP contribution in [-0.2, 0) is 14.3 Å². The molecular formula is C11H20N2O4. The summed E-state index contributed by atoms with van der Waals surface area (Å²) in [6.45, 7) is 7.67. The molecule has 1 heterocycles. The van der Waals surface area contributed by atoms with Gasteiger partial charge in [0.2, 0.25) is 5.91 Å². The summed E-state index contributed by atoms with van der Waals surface area (Å²) in [7, 11) is 0. The van der Waals surface area contributed by atoms with Gasteiger partial charge in [0.25, 0.3) is 0 Å². The summed E-state index contributed by atoms with van der Waals surface area (Å²) in [6, 6.07) is 0. The highest BCUT2D eigenvalue weighted by molar-refractivity contribution is 5.88. The van der Waals surface area contributed by atoms with Crippen LogP contribution >= 0.6 is 0 Å². The van der Waals surface area contributed by atoms with E-state index >= 15 is 0 Å². The molecular weight excluding hydrogens is 224 g/mol. The number of nitrogens with zero attached hydrogens (tertiary/aromatic N) is 1. The Labute approximate surface area is 101 Å². The van der Waals surface area contributed by atoms with E-state index in [0.717, 1.165) is 0 Å². The van der Waals surface area contributed by atoms with Crippen LogP contribution in [0.1, 0.15) is 27.7 Å². The quantitative estimate of drug-likeness (QED) is 0.728. The molecule has 98 valence electrons. The molecule has 0 saturated carbocycles. The van der Waals surface area contributed by atoms with Gasteiger partial charge in [-0.2, -0.15) is 0 Å². The second kappa shape index (κ2) is 4.52. The molecule has 2 N–H and O–H groups in total. The summed E-state index contributed by atoms with van der Waals surface area (Å²) in [4.78, 5) is 24.8. The zero-order valence-corrected chi connectivity index (χ0v) is 10.8. The Morgan fingerprint density at radius 1 is 1.41 bits per heavy atom. The first kappa shape index (κ1) is 13.8. The van der Waals surface area contributed by atoms with Crippen molar-refractivity contribution in [1.29, 1.82) is 0 Å². The molecule has 0 bridgehead atoms. The predicted molar refractivity (Wildman–Crippen MR) is 61.4 cm³/mol. The van der Waals surface area contributed by atoms with E-state index in [9.17, 15) is 9.59 Å². The second-order valence-corrected chi connectivity index (χ2v) is 5.32. The maximum absolute atomic E-state index is 12.0. The number of morpholine rings is 1. The van der Waals surface area contributed by atoms with Crippen molar-refractivity contribution in [1.82, 2.24) is 4.90 Å². The number of hydrogen-bond donors (Lipinski definition) is 1. The van der Waals surface area contributed by atoms with Gasteiger partial charge in [0.15, 0.2) is 0 Å². The minimum absolute atomic E-state index is 0.0988. The lowest BCUT2D eigenvalue weighted by Crippen LogP contribution is -2.64. The van der Waals surface area contributed by atoms with Crippen LogP contribution in [0, 0.1) is 0 Å². The zero-order valence-electron chi connectivity index (χ0n) is 10.8. The smallest absolute Gasteiger partial charge is 0.411 e. The number of carbonyl (C=O) groups excluding carboxylic acids is 2. The SMILES string of the molecule is CC(C)(C)OC(=O)N1CCOC[C@]1(C)C(N)=O. The molecule has 17 heavy (non-hydrogen) atoms. The first-order chi connectivity index (χ1) is 7.67. The molecule has 1 atom stereocenters. The molecule has 0 aromatic heterocycles. The normalized spacial score (nSPS) is 25.5. The minimum atomic E-state index is -1.14. The van der Waals surface area contributed by atoms with Gasteiger partial charge in [-0.05, 0) is 27.7 Å². The average molecular weight is 244 g/mol. The van der Waals surface area contributed by atoms with Gasteiger partial charge >= 0.3 is 6.09 Å². The van der Waals surface area contributed by atoms with Crippen molar-refractivity contribution in [3.05, 3.63) is 0 Å². The van der Waals surface area contributed by atoms with Crippen molar-refractivity contribution in [2.45, 2.75) is 38.8 Å². The highest BCUT2D eigenvalue weighted by Gasteiger charge is 2.45. The van der Waals surface area contributed by atoms with E-state index in [0.29, 0.717) is 13.2 Å². The van der Waals surface area contributed by atoms with Crippen molar-refractivity contribution in [2.75, 3.05) is 19.8 Å². The Morgan fingerprint density at radius 2 is 2.00 bits per heavy atom. The molecule has 1 saturated heterocycles. The van der Waals surface area contributed by atoms with Gasteiger partial charge in [0.05, 0.1) is 13.2 Å². The molecule has 0 aromatic rings. The number of primary amides is 1. The molecule has 1 aliphatic rings. The van der Waals surface area contributed by atoms with Crippen LogP contribution < -0.4 is 5.73 Å². The van der Waals surface area contributed by atoms with Crippen LogP contribution in [0.2, 0.25) is 0 Å². The van der Waals surface area contributed by atoms with E-state index in [2.05, 4.69) is 0 Å². The van der Waals surface area contributed by atoms with Gasteiger partial charge in [0.1, 0.15) is 11.1 Å². The Balaban J connectivity index is 2.86. The number of rotatable bonds is 1. The van der Waals surface area contributed by atoms with Crippen LogP contribution in [0.5, 0.6) is 0 Å². The van der Waals surface area contributed by atoms with Crippen LogP contribution in [-0.4, -0.2) is 47.8 Å². The fourth-order valence-electron chi connectivity index (χ4n) is 1.57. The summed E-state index contributed by atoms with van der Waals surface area (Å²) >= 11 is 0. The predicted octanol–water partition coefficient (Wildman–Crippen LogP) is 0.498. The van der Waals surface area contributed by atoms with E-state index in [4.69, 9.17) is 15.2 Å².